The highest BCUT2D eigenvalue weighted by Gasteiger charge is 2.07. The number of aromatic nitrogens is 2. The molecular weight excluding hydrogens is 200 g/mol. The van der Waals surface area contributed by atoms with E-state index < -0.39 is 0 Å². The predicted molar refractivity (Wildman–Crippen MR) is 66.2 cm³/mol. The molecule has 0 fully saturated rings. The number of H-pyrrole nitrogens is 1. The Kier molecular flexibility index (Phi) is 3.22. The Morgan fingerprint density at radius 2 is 2.25 bits per heavy atom. The summed E-state index contributed by atoms with van der Waals surface area (Å²) in [6.45, 7) is 5.02. The normalized spacial score (nSPS) is 13.5. The van der Waals surface area contributed by atoms with Crippen LogP contribution in [0.3, 0.4) is 0 Å². The lowest BCUT2D eigenvalue weighted by Crippen LogP contribution is -2.31. The lowest BCUT2D eigenvalue weighted by Gasteiger charge is -2.15. The van der Waals surface area contributed by atoms with Crippen LogP contribution in [-0.4, -0.2) is 22.6 Å². The van der Waals surface area contributed by atoms with Crippen LogP contribution in [0.15, 0.2) is 24.5 Å². The van der Waals surface area contributed by atoms with E-state index in [0.29, 0.717) is 6.04 Å². The van der Waals surface area contributed by atoms with Gasteiger partial charge in [0.05, 0.1) is 17.4 Å². The summed E-state index contributed by atoms with van der Waals surface area (Å²) in [6, 6.07) is 6.58. The minimum absolute atomic E-state index is 0.0232. The standard InChI is InChI=1S/C12H18N4/c1-8(2)14-6-10(13)9-3-4-11-12(5-9)16-7-15-11/h3-5,7-8,10,14H,6,13H2,1-2H3,(H,15,16). The third kappa shape index (κ3) is 2.40. The molecule has 2 rings (SSSR count). The number of nitrogens with two attached hydrogens (primary N) is 1. The first-order valence-electron chi connectivity index (χ1n) is 5.59. The topological polar surface area (TPSA) is 66.7 Å². The average molecular weight is 218 g/mol. The van der Waals surface area contributed by atoms with Gasteiger partial charge in [-0.25, -0.2) is 4.98 Å². The molecule has 4 heteroatoms. The number of nitrogens with one attached hydrogen (secondary N) is 2. The van der Waals surface area contributed by atoms with Crippen molar-refractivity contribution in [3.8, 4) is 0 Å². The summed E-state index contributed by atoms with van der Waals surface area (Å²) in [5, 5.41) is 3.33. The second kappa shape index (κ2) is 4.63. The first kappa shape index (κ1) is 11.1. The first-order valence-corrected chi connectivity index (χ1v) is 5.59. The maximum atomic E-state index is 6.11. The van der Waals surface area contributed by atoms with Crippen molar-refractivity contribution < 1.29 is 0 Å². The molecular formula is C12H18N4. The number of nitrogens with zero attached hydrogens (tertiary/aromatic N) is 1. The van der Waals surface area contributed by atoms with Gasteiger partial charge in [-0.2, -0.15) is 0 Å². The van der Waals surface area contributed by atoms with Crippen molar-refractivity contribution in [3.63, 3.8) is 0 Å². The minimum atomic E-state index is 0.0232. The van der Waals surface area contributed by atoms with Crippen LogP contribution in [0.25, 0.3) is 11.0 Å². The van der Waals surface area contributed by atoms with Gasteiger partial charge >= 0.3 is 0 Å². The molecule has 0 bridgehead atoms. The minimum Gasteiger partial charge on any atom is -0.345 e. The molecule has 1 aromatic heterocycles. The van der Waals surface area contributed by atoms with Crippen molar-refractivity contribution in [1.82, 2.24) is 15.3 Å². The Morgan fingerprint density at radius 1 is 1.44 bits per heavy atom. The summed E-state index contributed by atoms with van der Waals surface area (Å²) < 4.78 is 0. The van der Waals surface area contributed by atoms with E-state index in [1.54, 1.807) is 6.33 Å². The summed E-state index contributed by atoms with van der Waals surface area (Å²) in [5.74, 6) is 0. The molecule has 86 valence electrons. The van der Waals surface area contributed by atoms with Gasteiger partial charge in [-0.05, 0) is 17.7 Å². The van der Waals surface area contributed by atoms with Crippen LogP contribution < -0.4 is 11.1 Å². The smallest absolute Gasteiger partial charge is 0.0931 e. The highest BCUT2D eigenvalue weighted by molar-refractivity contribution is 5.75. The van der Waals surface area contributed by atoms with Crippen LogP contribution in [0.1, 0.15) is 25.5 Å². The number of hydrogen-bond donors (Lipinski definition) is 3. The summed E-state index contributed by atoms with van der Waals surface area (Å²) in [5.41, 5.74) is 9.25. The maximum Gasteiger partial charge on any atom is 0.0931 e. The molecule has 1 heterocycles. The number of rotatable bonds is 4. The second-order valence-corrected chi connectivity index (χ2v) is 4.35. The zero-order valence-corrected chi connectivity index (χ0v) is 9.70. The molecule has 1 atom stereocenters. The van der Waals surface area contributed by atoms with E-state index in [9.17, 15) is 0 Å². The fraction of sp³-hybridized carbons (Fsp3) is 0.417. The zero-order chi connectivity index (χ0) is 11.5. The van der Waals surface area contributed by atoms with Gasteiger partial charge in [0.25, 0.3) is 0 Å². The van der Waals surface area contributed by atoms with Gasteiger partial charge in [0.15, 0.2) is 0 Å². The number of fused-ring (bicyclic) bond motifs is 1. The number of aromatic amines is 1. The van der Waals surface area contributed by atoms with Crippen LogP contribution >= 0.6 is 0 Å². The van der Waals surface area contributed by atoms with Gasteiger partial charge in [0, 0.05) is 18.6 Å². The predicted octanol–water partition coefficient (Wildman–Crippen LogP) is 1.56. The zero-order valence-electron chi connectivity index (χ0n) is 9.70. The third-order valence-electron chi connectivity index (χ3n) is 2.62. The summed E-state index contributed by atoms with van der Waals surface area (Å²) in [7, 11) is 0. The molecule has 0 saturated heterocycles. The number of imidazole rings is 1. The van der Waals surface area contributed by atoms with Crippen LogP contribution in [-0.2, 0) is 0 Å². The first-order chi connectivity index (χ1) is 7.66. The Hall–Kier alpha value is -1.39. The molecule has 1 unspecified atom stereocenters. The molecule has 0 aliphatic carbocycles. The molecule has 0 aliphatic heterocycles. The van der Waals surface area contributed by atoms with E-state index in [0.717, 1.165) is 23.1 Å². The molecule has 1 aromatic carbocycles. The molecule has 16 heavy (non-hydrogen) atoms. The van der Waals surface area contributed by atoms with Gasteiger partial charge in [0.2, 0.25) is 0 Å². The number of hydrogen-bond acceptors (Lipinski definition) is 3. The van der Waals surface area contributed by atoms with E-state index >= 15 is 0 Å². The van der Waals surface area contributed by atoms with E-state index in [-0.39, 0.29) is 6.04 Å². The molecule has 0 saturated carbocycles. The lowest BCUT2D eigenvalue weighted by atomic mass is 10.1. The lowest BCUT2D eigenvalue weighted by molar-refractivity contribution is 0.538. The summed E-state index contributed by atoms with van der Waals surface area (Å²) in [4.78, 5) is 7.27. The van der Waals surface area contributed by atoms with Crippen molar-refractivity contribution in [2.24, 2.45) is 5.73 Å². The molecule has 0 aliphatic rings. The van der Waals surface area contributed by atoms with Gasteiger partial charge < -0.3 is 16.0 Å². The molecule has 0 radical (unpaired) electrons. The van der Waals surface area contributed by atoms with Crippen molar-refractivity contribution in [1.29, 1.82) is 0 Å². The van der Waals surface area contributed by atoms with Crippen LogP contribution in [0.4, 0.5) is 0 Å². The average Bonchev–Trinajstić information content (AvgIpc) is 2.72. The van der Waals surface area contributed by atoms with Gasteiger partial charge in [-0.15, -0.1) is 0 Å². The summed E-state index contributed by atoms with van der Waals surface area (Å²) in [6.07, 6.45) is 1.70. The SMILES string of the molecule is CC(C)NCC(N)c1ccc2nc[nH]c2c1. The van der Waals surface area contributed by atoms with Gasteiger partial charge in [-0.3, -0.25) is 0 Å². The third-order valence-corrected chi connectivity index (χ3v) is 2.62. The van der Waals surface area contributed by atoms with E-state index in [2.05, 4.69) is 35.2 Å². The van der Waals surface area contributed by atoms with Crippen molar-refractivity contribution in [2.45, 2.75) is 25.9 Å². The van der Waals surface area contributed by atoms with E-state index in [1.165, 1.54) is 0 Å². The Labute approximate surface area is 95.3 Å². The van der Waals surface area contributed by atoms with Crippen LogP contribution in [0.5, 0.6) is 0 Å². The fourth-order valence-electron chi connectivity index (χ4n) is 1.66. The maximum absolute atomic E-state index is 6.11. The van der Waals surface area contributed by atoms with Gasteiger partial charge in [-0.1, -0.05) is 19.9 Å². The second-order valence-electron chi connectivity index (χ2n) is 4.35. The van der Waals surface area contributed by atoms with E-state index in [1.807, 2.05) is 12.1 Å². The molecule has 0 spiro atoms. The Morgan fingerprint density at radius 3 is 3.00 bits per heavy atom. The Bertz CT molecular complexity index is 461. The van der Waals surface area contributed by atoms with Crippen LogP contribution in [0, 0.1) is 0 Å². The number of benzene rings is 1. The van der Waals surface area contributed by atoms with Gasteiger partial charge in [0.1, 0.15) is 0 Å². The molecule has 0 amide bonds. The largest absolute Gasteiger partial charge is 0.345 e. The highest BCUT2D eigenvalue weighted by atomic mass is 14.9. The van der Waals surface area contributed by atoms with Crippen LogP contribution in [0.2, 0.25) is 0 Å². The summed E-state index contributed by atoms with van der Waals surface area (Å²) >= 11 is 0. The molecule has 4 N–H and O–H groups in total. The van der Waals surface area contributed by atoms with Crippen molar-refractivity contribution in [3.05, 3.63) is 30.1 Å². The molecule has 2 aromatic rings. The quantitative estimate of drug-likeness (QED) is 0.729. The van der Waals surface area contributed by atoms with Crippen molar-refractivity contribution in [2.75, 3.05) is 6.54 Å². The fourth-order valence-corrected chi connectivity index (χ4v) is 1.66. The van der Waals surface area contributed by atoms with E-state index in [4.69, 9.17) is 5.73 Å². The Balaban J connectivity index is 2.12. The monoisotopic (exact) mass is 218 g/mol. The highest BCUT2D eigenvalue weighted by Crippen LogP contribution is 2.16. The van der Waals surface area contributed by atoms with Crippen molar-refractivity contribution >= 4 is 11.0 Å². The molecule has 4 nitrogen and oxygen atoms in total.